The van der Waals surface area contributed by atoms with Crippen molar-refractivity contribution in [2.75, 3.05) is 18.5 Å². The number of anilines is 1. The van der Waals surface area contributed by atoms with Crippen LogP contribution in [0.5, 0.6) is 0 Å². The summed E-state index contributed by atoms with van der Waals surface area (Å²) in [6, 6.07) is 10.5. The summed E-state index contributed by atoms with van der Waals surface area (Å²) < 4.78 is 0. The van der Waals surface area contributed by atoms with Gasteiger partial charge in [-0.25, -0.2) is 0 Å². The third kappa shape index (κ3) is 4.81. The second-order valence-electron chi connectivity index (χ2n) is 4.32. The topological polar surface area (TPSA) is 3.24 Å². The Morgan fingerprint density at radius 2 is 1.81 bits per heavy atom. The van der Waals surface area contributed by atoms with Crippen LogP contribution in [0.25, 0.3) is 0 Å². The van der Waals surface area contributed by atoms with E-state index in [1.807, 2.05) is 6.07 Å². The van der Waals surface area contributed by atoms with Gasteiger partial charge in [-0.15, -0.1) is 0 Å². The Kier molecular flexibility index (Phi) is 7.08. The summed E-state index contributed by atoms with van der Waals surface area (Å²) in [7, 11) is 2.13. The van der Waals surface area contributed by atoms with Crippen LogP contribution in [0, 0.1) is 5.92 Å². The van der Waals surface area contributed by atoms with E-state index in [1.165, 1.54) is 11.3 Å². The summed E-state index contributed by atoms with van der Waals surface area (Å²) in [5.74, 6) is 0.592. The van der Waals surface area contributed by atoms with Gasteiger partial charge in [0.1, 0.15) is 0 Å². The quantitative estimate of drug-likeness (QED) is 0.556. The van der Waals surface area contributed by atoms with E-state index in [2.05, 4.69) is 56.6 Å². The molecule has 1 nitrogen and oxygen atoms in total. The van der Waals surface area contributed by atoms with Crippen molar-refractivity contribution in [1.29, 1.82) is 0 Å². The standard InChI is InChI=1S/C14H21N.H3P/c1-12(2)13(3)10-11-15(4)14-8-6-5-7-9-14;/h5-9,12H,3,10-11H2,1-2,4H3;1H3. The van der Waals surface area contributed by atoms with Crippen molar-refractivity contribution in [3.05, 3.63) is 42.5 Å². The van der Waals surface area contributed by atoms with Crippen LogP contribution in [-0.4, -0.2) is 13.6 Å². The molecule has 0 aliphatic carbocycles. The van der Waals surface area contributed by atoms with Crippen LogP contribution in [0.1, 0.15) is 20.3 Å². The van der Waals surface area contributed by atoms with E-state index in [0.717, 1.165) is 13.0 Å². The van der Waals surface area contributed by atoms with E-state index in [9.17, 15) is 0 Å². The van der Waals surface area contributed by atoms with Crippen molar-refractivity contribution < 1.29 is 0 Å². The number of hydrogen-bond acceptors (Lipinski definition) is 1. The molecule has 0 N–H and O–H groups in total. The lowest BCUT2D eigenvalue weighted by Crippen LogP contribution is -2.19. The minimum atomic E-state index is 0. The monoisotopic (exact) mass is 237 g/mol. The predicted molar refractivity (Wildman–Crippen MR) is 79.4 cm³/mol. The molecular weight excluding hydrogens is 213 g/mol. The van der Waals surface area contributed by atoms with Crippen LogP contribution < -0.4 is 4.90 Å². The molecule has 1 rings (SSSR count). The summed E-state index contributed by atoms with van der Waals surface area (Å²) in [5.41, 5.74) is 2.60. The fourth-order valence-corrected chi connectivity index (χ4v) is 1.41. The van der Waals surface area contributed by atoms with Gasteiger partial charge in [-0.1, -0.05) is 44.2 Å². The molecule has 0 fully saturated rings. The molecule has 0 spiro atoms. The zero-order valence-corrected chi connectivity index (χ0v) is 12.2. The largest absolute Gasteiger partial charge is 0.374 e. The summed E-state index contributed by atoms with van der Waals surface area (Å²) in [4.78, 5) is 2.27. The van der Waals surface area contributed by atoms with Gasteiger partial charge >= 0.3 is 0 Å². The molecule has 0 bridgehead atoms. The second kappa shape index (κ2) is 7.46. The lowest BCUT2D eigenvalue weighted by Gasteiger charge is -2.20. The highest BCUT2D eigenvalue weighted by Crippen LogP contribution is 2.15. The Hall–Kier alpha value is -0.810. The van der Waals surface area contributed by atoms with Crippen LogP contribution in [-0.2, 0) is 0 Å². The first-order valence-electron chi connectivity index (χ1n) is 5.55. The number of hydrogen-bond donors (Lipinski definition) is 0. The zero-order valence-electron chi connectivity index (χ0n) is 10.7. The van der Waals surface area contributed by atoms with Crippen LogP contribution in [0.4, 0.5) is 5.69 Å². The highest BCUT2D eigenvalue weighted by molar-refractivity contribution is 6.92. The number of nitrogens with zero attached hydrogens (tertiary/aromatic N) is 1. The molecule has 1 aromatic carbocycles. The smallest absolute Gasteiger partial charge is 0.0363 e. The maximum atomic E-state index is 4.09. The lowest BCUT2D eigenvalue weighted by atomic mass is 10.0. The molecule has 0 saturated heterocycles. The van der Waals surface area contributed by atoms with Gasteiger partial charge in [-0.2, -0.15) is 9.90 Å². The predicted octanol–water partition coefficient (Wildman–Crippen LogP) is 3.78. The van der Waals surface area contributed by atoms with Crippen molar-refractivity contribution in [1.82, 2.24) is 0 Å². The third-order valence-electron chi connectivity index (χ3n) is 2.78. The maximum absolute atomic E-state index is 4.09. The van der Waals surface area contributed by atoms with E-state index in [-0.39, 0.29) is 9.90 Å². The number of benzene rings is 1. The van der Waals surface area contributed by atoms with Gasteiger partial charge in [-0.3, -0.25) is 0 Å². The number of rotatable bonds is 5. The Bertz CT molecular complexity index is 306. The minimum Gasteiger partial charge on any atom is -0.374 e. The van der Waals surface area contributed by atoms with Crippen molar-refractivity contribution in [2.24, 2.45) is 5.92 Å². The van der Waals surface area contributed by atoms with Gasteiger partial charge in [0, 0.05) is 19.3 Å². The molecule has 0 radical (unpaired) electrons. The average molecular weight is 237 g/mol. The van der Waals surface area contributed by atoms with Crippen molar-refractivity contribution in [2.45, 2.75) is 20.3 Å². The molecule has 1 unspecified atom stereocenters. The second-order valence-corrected chi connectivity index (χ2v) is 4.32. The van der Waals surface area contributed by atoms with Crippen LogP contribution in [0.3, 0.4) is 0 Å². The summed E-state index contributed by atoms with van der Waals surface area (Å²) in [6.45, 7) is 9.53. The Morgan fingerprint density at radius 1 is 1.25 bits per heavy atom. The molecule has 2 heteroatoms. The van der Waals surface area contributed by atoms with Gasteiger partial charge in [0.05, 0.1) is 0 Å². The van der Waals surface area contributed by atoms with Gasteiger partial charge < -0.3 is 4.90 Å². The normalized spacial score (nSPS) is 9.75. The van der Waals surface area contributed by atoms with E-state index in [0.29, 0.717) is 5.92 Å². The van der Waals surface area contributed by atoms with Crippen molar-refractivity contribution >= 4 is 15.6 Å². The molecule has 0 aromatic heterocycles. The van der Waals surface area contributed by atoms with E-state index < -0.39 is 0 Å². The zero-order chi connectivity index (χ0) is 11.3. The highest BCUT2D eigenvalue weighted by Gasteiger charge is 2.03. The molecule has 0 aliphatic heterocycles. The average Bonchev–Trinajstić information content (AvgIpc) is 2.26. The SMILES string of the molecule is C=C(CCN(C)c1ccccc1)C(C)C.P. The third-order valence-corrected chi connectivity index (χ3v) is 2.78. The molecule has 90 valence electrons. The van der Waals surface area contributed by atoms with Gasteiger partial charge in [0.15, 0.2) is 0 Å². The van der Waals surface area contributed by atoms with Crippen LogP contribution >= 0.6 is 9.90 Å². The molecule has 0 amide bonds. The Balaban J connectivity index is 0.00000225. The van der Waals surface area contributed by atoms with E-state index in [1.54, 1.807) is 0 Å². The fraction of sp³-hybridized carbons (Fsp3) is 0.429. The van der Waals surface area contributed by atoms with Gasteiger partial charge in [0.25, 0.3) is 0 Å². The molecule has 0 saturated carbocycles. The van der Waals surface area contributed by atoms with Gasteiger partial charge in [0.2, 0.25) is 0 Å². The lowest BCUT2D eigenvalue weighted by molar-refractivity contribution is 0.707. The fourth-order valence-electron chi connectivity index (χ4n) is 1.41. The van der Waals surface area contributed by atoms with Gasteiger partial charge in [-0.05, 0) is 24.5 Å². The van der Waals surface area contributed by atoms with E-state index >= 15 is 0 Å². The molecule has 1 atom stereocenters. The first-order chi connectivity index (χ1) is 7.11. The maximum Gasteiger partial charge on any atom is 0.0363 e. The highest BCUT2D eigenvalue weighted by atomic mass is 31.0. The minimum absolute atomic E-state index is 0. The molecule has 0 heterocycles. The first-order valence-corrected chi connectivity index (χ1v) is 5.55. The Labute approximate surface area is 103 Å². The van der Waals surface area contributed by atoms with Crippen molar-refractivity contribution in [3.63, 3.8) is 0 Å². The summed E-state index contributed by atoms with van der Waals surface area (Å²) in [6.07, 6.45) is 1.07. The first kappa shape index (κ1) is 15.2. The molecule has 1 aromatic rings. The molecular formula is C14H24NP. The number of para-hydroxylation sites is 1. The van der Waals surface area contributed by atoms with Crippen LogP contribution in [0.15, 0.2) is 42.5 Å². The van der Waals surface area contributed by atoms with Crippen LogP contribution in [0.2, 0.25) is 0 Å². The molecule has 16 heavy (non-hydrogen) atoms. The molecule has 0 aliphatic rings. The van der Waals surface area contributed by atoms with E-state index in [4.69, 9.17) is 0 Å². The van der Waals surface area contributed by atoms with Crippen molar-refractivity contribution in [3.8, 4) is 0 Å². The summed E-state index contributed by atoms with van der Waals surface area (Å²) >= 11 is 0. The Morgan fingerprint density at radius 3 is 2.31 bits per heavy atom. The summed E-state index contributed by atoms with van der Waals surface area (Å²) in [5, 5.41) is 0.